The van der Waals surface area contributed by atoms with Gasteiger partial charge in [-0.3, -0.25) is 4.79 Å². The normalized spacial score (nSPS) is 21.4. The van der Waals surface area contributed by atoms with E-state index in [2.05, 4.69) is 26.1 Å². The van der Waals surface area contributed by atoms with Crippen LogP contribution in [0, 0.1) is 11.8 Å². The molecule has 1 aliphatic carbocycles. The molecule has 94 valence electrons. The first-order valence-corrected chi connectivity index (χ1v) is 6.93. The average molecular weight is 225 g/mol. The van der Waals surface area contributed by atoms with Gasteiger partial charge in [0.1, 0.15) is 0 Å². The molecule has 1 amide bonds. The van der Waals surface area contributed by atoms with Crippen molar-refractivity contribution < 1.29 is 4.79 Å². The van der Waals surface area contributed by atoms with Crippen LogP contribution in [0.4, 0.5) is 0 Å². The number of amides is 1. The maximum atomic E-state index is 11.9. The highest BCUT2D eigenvalue weighted by molar-refractivity contribution is 5.78. The van der Waals surface area contributed by atoms with Gasteiger partial charge in [0, 0.05) is 12.0 Å². The second-order valence-corrected chi connectivity index (χ2v) is 5.46. The molecule has 0 saturated heterocycles. The fraction of sp³-hybridized carbons (Fsp3) is 0.929. The van der Waals surface area contributed by atoms with Crippen molar-refractivity contribution >= 4 is 5.91 Å². The van der Waals surface area contributed by atoms with Crippen LogP contribution in [0.1, 0.15) is 65.7 Å². The molecular weight excluding hydrogens is 198 g/mol. The van der Waals surface area contributed by atoms with E-state index in [1.165, 1.54) is 32.1 Å². The molecule has 2 atom stereocenters. The van der Waals surface area contributed by atoms with Crippen molar-refractivity contribution in [1.29, 1.82) is 0 Å². The first-order valence-electron chi connectivity index (χ1n) is 6.93. The van der Waals surface area contributed by atoms with E-state index in [1.54, 1.807) is 0 Å². The Morgan fingerprint density at radius 2 is 1.88 bits per heavy atom. The molecule has 0 aromatic carbocycles. The van der Waals surface area contributed by atoms with Gasteiger partial charge in [0.15, 0.2) is 0 Å². The van der Waals surface area contributed by atoms with Crippen LogP contribution >= 0.6 is 0 Å². The summed E-state index contributed by atoms with van der Waals surface area (Å²) in [6, 6.07) is 0.321. The number of nitrogens with one attached hydrogen (secondary N) is 1. The minimum absolute atomic E-state index is 0.192. The Morgan fingerprint density at radius 3 is 2.44 bits per heavy atom. The van der Waals surface area contributed by atoms with Crippen LogP contribution in [-0.2, 0) is 4.79 Å². The average Bonchev–Trinajstić information content (AvgIpc) is 2.30. The van der Waals surface area contributed by atoms with Crippen molar-refractivity contribution in [3.63, 3.8) is 0 Å². The van der Waals surface area contributed by atoms with Crippen LogP contribution in [0.15, 0.2) is 0 Å². The fourth-order valence-electron chi connectivity index (χ4n) is 2.52. The molecule has 1 fully saturated rings. The lowest BCUT2D eigenvalue weighted by molar-refractivity contribution is -0.125. The molecule has 0 aliphatic heterocycles. The zero-order valence-electron chi connectivity index (χ0n) is 11.1. The van der Waals surface area contributed by atoms with Gasteiger partial charge in [-0.1, -0.05) is 46.0 Å². The molecule has 1 aliphatic rings. The standard InChI is InChI=1S/C14H27NO/c1-4-12(3)15-14(16)11(2)10-13-8-6-5-7-9-13/h11-13H,4-10H2,1-3H3,(H,15,16)/t11-,12-/m0/s1. The van der Waals surface area contributed by atoms with E-state index < -0.39 is 0 Å². The molecule has 2 heteroatoms. The van der Waals surface area contributed by atoms with Gasteiger partial charge < -0.3 is 5.32 Å². The van der Waals surface area contributed by atoms with Crippen molar-refractivity contribution in [3.8, 4) is 0 Å². The van der Waals surface area contributed by atoms with Gasteiger partial charge in [-0.2, -0.15) is 0 Å². The first kappa shape index (κ1) is 13.5. The van der Waals surface area contributed by atoms with Gasteiger partial charge in [0.05, 0.1) is 0 Å². The number of rotatable bonds is 5. The predicted molar refractivity (Wildman–Crippen MR) is 68.3 cm³/mol. The summed E-state index contributed by atoms with van der Waals surface area (Å²) in [6.07, 6.45) is 8.89. The highest BCUT2D eigenvalue weighted by Gasteiger charge is 2.21. The summed E-state index contributed by atoms with van der Waals surface area (Å²) in [7, 11) is 0. The summed E-state index contributed by atoms with van der Waals surface area (Å²) >= 11 is 0. The maximum absolute atomic E-state index is 11.9. The molecule has 1 rings (SSSR count). The zero-order chi connectivity index (χ0) is 12.0. The van der Waals surface area contributed by atoms with Crippen LogP contribution in [-0.4, -0.2) is 11.9 Å². The second-order valence-electron chi connectivity index (χ2n) is 5.46. The van der Waals surface area contributed by atoms with Gasteiger partial charge >= 0.3 is 0 Å². The lowest BCUT2D eigenvalue weighted by atomic mass is 9.83. The Bertz CT molecular complexity index is 209. The molecule has 0 aromatic heterocycles. The predicted octanol–water partition coefficient (Wildman–Crippen LogP) is 3.51. The SMILES string of the molecule is CC[C@H](C)NC(=O)[C@@H](C)CC1CCCCC1. The number of carbonyl (C=O) groups is 1. The molecule has 16 heavy (non-hydrogen) atoms. The molecule has 1 saturated carbocycles. The van der Waals surface area contributed by atoms with Crippen molar-refractivity contribution in [2.24, 2.45) is 11.8 Å². The van der Waals surface area contributed by atoms with Gasteiger partial charge in [0.2, 0.25) is 5.91 Å². The Kier molecular flexibility index (Phi) is 5.86. The molecule has 1 N–H and O–H groups in total. The lowest BCUT2D eigenvalue weighted by Gasteiger charge is -2.25. The van der Waals surface area contributed by atoms with Crippen molar-refractivity contribution in [2.45, 2.75) is 71.8 Å². The van der Waals surface area contributed by atoms with Crippen LogP contribution < -0.4 is 5.32 Å². The largest absolute Gasteiger partial charge is 0.353 e. The number of hydrogen-bond donors (Lipinski definition) is 1. The highest BCUT2D eigenvalue weighted by Crippen LogP contribution is 2.29. The van der Waals surface area contributed by atoms with Gasteiger partial charge in [-0.05, 0) is 25.7 Å². The van der Waals surface area contributed by atoms with E-state index in [1.807, 2.05) is 0 Å². The zero-order valence-corrected chi connectivity index (χ0v) is 11.1. The summed E-state index contributed by atoms with van der Waals surface area (Å²) in [4.78, 5) is 11.9. The molecule has 0 radical (unpaired) electrons. The maximum Gasteiger partial charge on any atom is 0.223 e. The molecule has 0 aromatic rings. The van der Waals surface area contributed by atoms with Crippen molar-refractivity contribution in [1.82, 2.24) is 5.32 Å². The van der Waals surface area contributed by atoms with Crippen LogP contribution in [0.25, 0.3) is 0 Å². The number of hydrogen-bond acceptors (Lipinski definition) is 1. The molecule has 0 spiro atoms. The highest BCUT2D eigenvalue weighted by atomic mass is 16.1. The Hall–Kier alpha value is -0.530. The summed E-state index contributed by atoms with van der Waals surface area (Å²) in [6.45, 7) is 6.26. The second kappa shape index (κ2) is 6.93. The third kappa shape index (κ3) is 4.54. The minimum Gasteiger partial charge on any atom is -0.353 e. The lowest BCUT2D eigenvalue weighted by Crippen LogP contribution is -2.36. The topological polar surface area (TPSA) is 29.1 Å². The van der Waals surface area contributed by atoms with E-state index in [-0.39, 0.29) is 11.8 Å². The fourth-order valence-corrected chi connectivity index (χ4v) is 2.52. The van der Waals surface area contributed by atoms with Crippen molar-refractivity contribution in [3.05, 3.63) is 0 Å². The molecule has 0 heterocycles. The third-order valence-electron chi connectivity index (χ3n) is 3.86. The summed E-state index contributed by atoms with van der Waals surface area (Å²) in [5, 5.41) is 3.08. The van der Waals surface area contributed by atoms with Crippen LogP contribution in [0.3, 0.4) is 0 Å². The molecular formula is C14H27NO. The molecule has 0 bridgehead atoms. The van der Waals surface area contributed by atoms with Crippen molar-refractivity contribution in [2.75, 3.05) is 0 Å². The van der Waals surface area contributed by atoms with Gasteiger partial charge in [-0.15, -0.1) is 0 Å². The molecule has 2 nitrogen and oxygen atoms in total. The third-order valence-corrected chi connectivity index (χ3v) is 3.86. The van der Waals surface area contributed by atoms with Gasteiger partial charge in [0.25, 0.3) is 0 Å². The van der Waals surface area contributed by atoms with E-state index in [0.29, 0.717) is 6.04 Å². The monoisotopic (exact) mass is 225 g/mol. The van der Waals surface area contributed by atoms with E-state index in [4.69, 9.17) is 0 Å². The first-order chi connectivity index (χ1) is 7.63. The Balaban J connectivity index is 2.27. The Labute approximate surface area is 100 Å². The minimum atomic E-state index is 0.192. The Morgan fingerprint density at radius 1 is 1.25 bits per heavy atom. The van der Waals surface area contributed by atoms with Crippen LogP contribution in [0.5, 0.6) is 0 Å². The smallest absolute Gasteiger partial charge is 0.223 e. The van der Waals surface area contributed by atoms with Gasteiger partial charge in [-0.25, -0.2) is 0 Å². The summed E-state index contributed by atoms with van der Waals surface area (Å²) in [5.41, 5.74) is 0. The van der Waals surface area contributed by atoms with Crippen LogP contribution in [0.2, 0.25) is 0 Å². The number of carbonyl (C=O) groups excluding carboxylic acids is 1. The summed E-state index contributed by atoms with van der Waals surface area (Å²) in [5.74, 6) is 1.24. The summed E-state index contributed by atoms with van der Waals surface area (Å²) < 4.78 is 0. The van der Waals surface area contributed by atoms with E-state index in [9.17, 15) is 4.79 Å². The quantitative estimate of drug-likeness (QED) is 0.762. The molecule has 0 unspecified atom stereocenters. The van der Waals surface area contributed by atoms with E-state index >= 15 is 0 Å². The van der Waals surface area contributed by atoms with E-state index in [0.717, 1.165) is 18.8 Å².